The fourth-order valence-corrected chi connectivity index (χ4v) is 0.844. The van der Waals surface area contributed by atoms with E-state index in [1.165, 1.54) is 0 Å². The first-order chi connectivity index (χ1) is 4.74. The van der Waals surface area contributed by atoms with Gasteiger partial charge in [-0.25, -0.2) is 0 Å². The largest absolute Gasteiger partial charge is 0.349 e. The third kappa shape index (κ3) is 1.16. The molecule has 1 N–H and O–H groups in total. The molecule has 1 unspecified atom stereocenters. The molecule has 0 saturated carbocycles. The van der Waals surface area contributed by atoms with Crippen molar-refractivity contribution in [2.24, 2.45) is 0 Å². The van der Waals surface area contributed by atoms with Crippen molar-refractivity contribution >= 4 is 5.91 Å². The molecule has 0 radical (unpaired) electrons. The summed E-state index contributed by atoms with van der Waals surface area (Å²) in [5, 5.41) is 11.0. The van der Waals surface area contributed by atoms with E-state index in [9.17, 15) is 4.79 Å². The minimum atomic E-state index is -0.249. The summed E-state index contributed by atoms with van der Waals surface area (Å²) in [6.07, 6.45) is 2.43. The number of rotatable bonds is 0. The molecule has 3 heteroatoms. The molecular weight excluding hydrogens is 128 g/mol. The van der Waals surface area contributed by atoms with Gasteiger partial charge in [-0.15, -0.1) is 0 Å². The summed E-state index contributed by atoms with van der Waals surface area (Å²) in [5.41, 5.74) is 0.234. The van der Waals surface area contributed by atoms with Gasteiger partial charge in [0, 0.05) is 6.04 Å². The van der Waals surface area contributed by atoms with Crippen molar-refractivity contribution in [3.05, 3.63) is 11.6 Å². The maximum Gasteiger partial charge on any atom is 0.261 e. The van der Waals surface area contributed by atoms with Gasteiger partial charge in [0.15, 0.2) is 0 Å². The molecule has 1 amide bonds. The number of carbonyl (C=O) groups is 1. The lowest BCUT2D eigenvalue weighted by molar-refractivity contribution is -0.118. The lowest BCUT2D eigenvalue weighted by atomic mass is 10.1. The quantitative estimate of drug-likeness (QED) is 0.522. The lowest BCUT2D eigenvalue weighted by Gasteiger charge is -2.15. The van der Waals surface area contributed by atoms with E-state index in [-0.39, 0.29) is 17.5 Å². The summed E-state index contributed by atoms with van der Waals surface area (Å²) in [4.78, 5) is 10.8. The first kappa shape index (κ1) is 6.81. The average Bonchev–Trinajstić information content (AvgIpc) is 1.88. The summed E-state index contributed by atoms with van der Waals surface area (Å²) in [6.45, 7) is 1.91. The topological polar surface area (TPSA) is 52.9 Å². The van der Waals surface area contributed by atoms with Crippen molar-refractivity contribution < 1.29 is 4.79 Å². The molecule has 52 valence electrons. The van der Waals surface area contributed by atoms with Crippen molar-refractivity contribution in [2.45, 2.75) is 19.4 Å². The second-order valence-corrected chi connectivity index (χ2v) is 2.34. The molecule has 0 aromatic rings. The van der Waals surface area contributed by atoms with Crippen molar-refractivity contribution in [2.75, 3.05) is 0 Å². The maximum atomic E-state index is 10.8. The van der Waals surface area contributed by atoms with E-state index >= 15 is 0 Å². The summed E-state index contributed by atoms with van der Waals surface area (Å²) in [6, 6.07) is 1.99. The van der Waals surface area contributed by atoms with E-state index in [4.69, 9.17) is 5.26 Å². The Bertz CT molecular complexity index is 224. The van der Waals surface area contributed by atoms with Gasteiger partial charge in [0.1, 0.15) is 11.6 Å². The van der Waals surface area contributed by atoms with Gasteiger partial charge in [0.25, 0.3) is 5.91 Å². The van der Waals surface area contributed by atoms with Gasteiger partial charge in [-0.05, 0) is 13.3 Å². The molecule has 1 heterocycles. The molecule has 3 nitrogen and oxygen atoms in total. The Hall–Kier alpha value is -1.30. The van der Waals surface area contributed by atoms with Crippen LogP contribution < -0.4 is 5.32 Å². The van der Waals surface area contributed by atoms with Crippen LogP contribution in [0.1, 0.15) is 13.3 Å². The Morgan fingerprint density at radius 3 is 3.10 bits per heavy atom. The van der Waals surface area contributed by atoms with Crippen LogP contribution in [0.15, 0.2) is 11.6 Å². The SMILES string of the molecule is CC1CC=C(C#N)C(=O)N1. The van der Waals surface area contributed by atoms with Gasteiger partial charge >= 0.3 is 0 Å². The number of hydrogen-bond acceptors (Lipinski definition) is 2. The van der Waals surface area contributed by atoms with Crippen LogP contribution in [0.25, 0.3) is 0 Å². The second-order valence-electron chi connectivity index (χ2n) is 2.34. The Labute approximate surface area is 59.3 Å². The monoisotopic (exact) mass is 136 g/mol. The van der Waals surface area contributed by atoms with Gasteiger partial charge < -0.3 is 5.32 Å². The molecule has 0 aromatic heterocycles. The zero-order valence-corrected chi connectivity index (χ0v) is 5.72. The van der Waals surface area contributed by atoms with Crippen molar-refractivity contribution in [1.82, 2.24) is 5.32 Å². The molecule has 0 fully saturated rings. The maximum absolute atomic E-state index is 10.8. The first-order valence-electron chi connectivity index (χ1n) is 3.15. The van der Waals surface area contributed by atoms with Gasteiger partial charge in [-0.3, -0.25) is 4.79 Å². The van der Waals surface area contributed by atoms with E-state index in [2.05, 4.69) is 5.32 Å². The smallest absolute Gasteiger partial charge is 0.261 e. The predicted molar refractivity (Wildman–Crippen MR) is 35.9 cm³/mol. The standard InChI is InChI=1S/C7H8N2O/c1-5-2-3-6(4-8)7(10)9-5/h3,5H,2H2,1H3,(H,9,10). The number of hydrogen-bond donors (Lipinski definition) is 1. The molecule has 0 spiro atoms. The van der Waals surface area contributed by atoms with Crippen LogP contribution in [0.2, 0.25) is 0 Å². The highest BCUT2D eigenvalue weighted by atomic mass is 16.1. The fraction of sp³-hybridized carbons (Fsp3) is 0.429. The van der Waals surface area contributed by atoms with Gasteiger partial charge in [-0.2, -0.15) is 5.26 Å². The van der Waals surface area contributed by atoms with Crippen LogP contribution in [0.4, 0.5) is 0 Å². The number of nitrogens with zero attached hydrogens (tertiary/aromatic N) is 1. The molecule has 1 aliphatic rings. The molecule has 0 bridgehead atoms. The minimum Gasteiger partial charge on any atom is -0.349 e. The van der Waals surface area contributed by atoms with Crippen LogP contribution in [-0.4, -0.2) is 11.9 Å². The van der Waals surface area contributed by atoms with Crippen LogP contribution >= 0.6 is 0 Å². The molecule has 10 heavy (non-hydrogen) atoms. The fourth-order valence-electron chi connectivity index (χ4n) is 0.844. The van der Waals surface area contributed by atoms with Crippen LogP contribution in [-0.2, 0) is 4.79 Å². The van der Waals surface area contributed by atoms with E-state index in [1.54, 1.807) is 6.08 Å². The Balaban J connectivity index is 2.78. The zero-order chi connectivity index (χ0) is 7.56. The lowest BCUT2D eigenvalue weighted by Crippen LogP contribution is -2.36. The molecule has 1 atom stereocenters. The van der Waals surface area contributed by atoms with E-state index < -0.39 is 0 Å². The molecular formula is C7H8N2O. The normalized spacial score (nSPS) is 24.6. The Morgan fingerprint density at radius 1 is 1.90 bits per heavy atom. The van der Waals surface area contributed by atoms with Crippen LogP contribution in [0.5, 0.6) is 0 Å². The van der Waals surface area contributed by atoms with Crippen molar-refractivity contribution in [3.63, 3.8) is 0 Å². The average molecular weight is 136 g/mol. The molecule has 1 aliphatic heterocycles. The second kappa shape index (κ2) is 2.53. The van der Waals surface area contributed by atoms with Crippen molar-refractivity contribution in [1.29, 1.82) is 5.26 Å². The highest BCUT2D eigenvalue weighted by Gasteiger charge is 2.16. The van der Waals surface area contributed by atoms with E-state index in [0.717, 1.165) is 6.42 Å². The molecule has 0 aromatic carbocycles. The Morgan fingerprint density at radius 2 is 2.60 bits per heavy atom. The highest BCUT2D eigenvalue weighted by molar-refractivity contribution is 5.98. The van der Waals surface area contributed by atoms with Crippen LogP contribution in [0, 0.1) is 11.3 Å². The summed E-state index contributed by atoms with van der Waals surface area (Å²) >= 11 is 0. The summed E-state index contributed by atoms with van der Waals surface area (Å²) in [7, 11) is 0. The molecule has 1 rings (SSSR count). The predicted octanol–water partition coefficient (Wildman–Crippen LogP) is 0.345. The third-order valence-electron chi connectivity index (χ3n) is 1.42. The number of nitriles is 1. The van der Waals surface area contributed by atoms with Crippen LogP contribution in [0.3, 0.4) is 0 Å². The minimum absolute atomic E-state index is 0.171. The summed E-state index contributed by atoms with van der Waals surface area (Å²) in [5.74, 6) is -0.249. The number of carbonyl (C=O) groups excluding carboxylic acids is 1. The van der Waals surface area contributed by atoms with Crippen molar-refractivity contribution in [3.8, 4) is 6.07 Å². The molecule has 0 aliphatic carbocycles. The van der Waals surface area contributed by atoms with E-state index in [1.807, 2.05) is 13.0 Å². The van der Waals surface area contributed by atoms with Gasteiger partial charge in [0.05, 0.1) is 0 Å². The Kier molecular flexibility index (Phi) is 1.72. The first-order valence-corrected chi connectivity index (χ1v) is 3.15. The third-order valence-corrected chi connectivity index (χ3v) is 1.42. The molecule has 0 saturated heterocycles. The van der Waals surface area contributed by atoms with Gasteiger partial charge in [-0.1, -0.05) is 6.08 Å². The van der Waals surface area contributed by atoms with Gasteiger partial charge in [0.2, 0.25) is 0 Å². The van der Waals surface area contributed by atoms with E-state index in [0.29, 0.717) is 0 Å². The number of nitrogens with one attached hydrogen (secondary N) is 1. The zero-order valence-electron chi connectivity index (χ0n) is 5.72. The number of amides is 1. The summed E-state index contributed by atoms with van der Waals surface area (Å²) < 4.78 is 0. The highest BCUT2D eigenvalue weighted by Crippen LogP contribution is 2.05.